The van der Waals surface area contributed by atoms with Crippen LogP contribution in [0.4, 0.5) is 0 Å². The molecule has 0 bridgehead atoms. The molecular weight excluding hydrogens is 208 g/mol. The Bertz CT molecular complexity index is 275. The zero-order valence-corrected chi connectivity index (χ0v) is 9.13. The first-order chi connectivity index (χ1) is 6.43. The maximum Gasteiger partial charge on any atom is 0.322 e. The van der Waals surface area contributed by atoms with Gasteiger partial charge < -0.3 is 10.5 Å². The van der Waals surface area contributed by atoms with E-state index in [1.54, 1.807) is 6.92 Å². The number of esters is 1. The Kier molecular flexibility index (Phi) is 5.66. The topological polar surface area (TPSA) is 98.5 Å². The minimum Gasteiger partial charge on any atom is -0.468 e. The lowest BCUT2D eigenvalue weighted by Crippen LogP contribution is -2.36. The van der Waals surface area contributed by atoms with Gasteiger partial charge in [0.15, 0.2) is 0 Å². The molecule has 0 spiro atoms. The van der Waals surface area contributed by atoms with Crippen molar-refractivity contribution in [2.45, 2.75) is 19.4 Å². The van der Waals surface area contributed by atoms with Gasteiger partial charge in [0.1, 0.15) is 6.04 Å². The van der Waals surface area contributed by atoms with E-state index in [-0.39, 0.29) is 12.2 Å². The molecule has 0 aliphatic carbocycles. The van der Waals surface area contributed by atoms with Gasteiger partial charge in [-0.05, 0) is 6.42 Å². The largest absolute Gasteiger partial charge is 0.468 e. The molecule has 0 fully saturated rings. The summed E-state index contributed by atoms with van der Waals surface area (Å²) in [6.07, 6.45) is 0.0575. The highest BCUT2D eigenvalue weighted by Crippen LogP contribution is 1.95. The smallest absolute Gasteiger partial charge is 0.322 e. The number of carbonyl (C=O) groups excluding carboxylic acids is 1. The fraction of sp³-hybridized carbons (Fsp3) is 0.857. The molecular formula is C7H16N2O4S. The first-order valence-electron chi connectivity index (χ1n) is 4.23. The summed E-state index contributed by atoms with van der Waals surface area (Å²) in [6, 6.07) is -0.881. The SMILES string of the molecule is CCNS(=O)(=O)CC[C@H](N)C(=O)OC. The lowest BCUT2D eigenvalue weighted by molar-refractivity contribution is -0.142. The summed E-state index contributed by atoms with van der Waals surface area (Å²) >= 11 is 0. The first kappa shape index (κ1) is 13.3. The van der Waals surface area contributed by atoms with Crippen LogP contribution in [0.3, 0.4) is 0 Å². The lowest BCUT2D eigenvalue weighted by Gasteiger charge is -2.09. The van der Waals surface area contributed by atoms with Crippen LogP contribution in [-0.4, -0.2) is 39.8 Å². The number of hydrogen-bond donors (Lipinski definition) is 2. The molecule has 0 unspecified atom stereocenters. The minimum atomic E-state index is -3.31. The number of carbonyl (C=O) groups is 1. The van der Waals surface area contributed by atoms with Crippen molar-refractivity contribution in [2.75, 3.05) is 19.4 Å². The predicted molar refractivity (Wildman–Crippen MR) is 52.1 cm³/mol. The Hall–Kier alpha value is -0.660. The number of hydrogen-bond acceptors (Lipinski definition) is 5. The second kappa shape index (κ2) is 5.94. The van der Waals surface area contributed by atoms with Crippen LogP contribution < -0.4 is 10.5 Å². The van der Waals surface area contributed by atoms with Crippen LogP contribution in [0.25, 0.3) is 0 Å². The van der Waals surface area contributed by atoms with E-state index in [4.69, 9.17) is 5.73 Å². The number of ether oxygens (including phenoxy) is 1. The summed E-state index contributed by atoms with van der Waals surface area (Å²) in [5.74, 6) is -0.770. The number of rotatable bonds is 6. The van der Waals surface area contributed by atoms with Crippen LogP contribution in [0, 0.1) is 0 Å². The van der Waals surface area contributed by atoms with E-state index in [2.05, 4.69) is 9.46 Å². The number of sulfonamides is 1. The molecule has 1 atom stereocenters. The van der Waals surface area contributed by atoms with Gasteiger partial charge >= 0.3 is 5.97 Å². The van der Waals surface area contributed by atoms with Gasteiger partial charge in [0.05, 0.1) is 12.9 Å². The molecule has 14 heavy (non-hydrogen) atoms. The Labute approximate surface area is 83.9 Å². The quantitative estimate of drug-likeness (QED) is 0.553. The van der Waals surface area contributed by atoms with Crippen molar-refractivity contribution in [3.63, 3.8) is 0 Å². The van der Waals surface area contributed by atoms with Gasteiger partial charge in [0.2, 0.25) is 10.0 Å². The third-order valence-electron chi connectivity index (χ3n) is 1.57. The Morgan fingerprint density at radius 2 is 2.14 bits per heavy atom. The molecule has 0 saturated carbocycles. The third kappa shape index (κ3) is 5.15. The van der Waals surface area contributed by atoms with E-state index in [9.17, 15) is 13.2 Å². The highest BCUT2D eigenvalue weighted by molar-refractivity contribution is 7.89. The van der Waals surface area contributed by atoms with Crippen molar-refractivity contribution in [1.82, 2.24) is 4.72 Å². The maximum absolute atomic E-state index is 11.1. The van der Waals surface area contributed by atoms with E-state index in [1.165, 1.54) is 7.11 Å². The number of methoxy groups -OCH3 is 1. The maximum atomic E-state index is 11.1. The van der Waals surface area contributed by atoms with Crippen LogP contribution in [0.1, 0.15) is 13.3 Å². The van der Waals surface area contributed by atoms with E-state index >= 15 is 0 Å². The summed E-state index contributed by atoms with van der Waals surface area (Å²) in [4.78, 5) is 10.8. The molecule has 0 aromatic heterocycles. The summed E-state index contributed by atoms with van der Waals surface area (Å²) in [6.45, 7) is 2.01. The monoisotopic (exact) mass is 224 g/mol. The zero-order valence-electron chi connectivity index (χ0n) is 8.32. The van der Waals surface area contributed by atoms with E-state index in [1.807, 2.05) is 0 Å². The second-order valence-electron chi connectivity index (χ2n) is 2.74. The molecule has 0 aromatic rings. The van der Waals surface area contributed by atoms with Crippen LogP contribution in [0.2, 0.25) is 0 Å². The molecule has 0 amide bonds. The lowest BCUT2D eigenvalue weighted by atomic mass is 10.2. The van der Waals surface area contributed by atoms with Crippen molar-refractivity contribution in [2.24, 2.45) is 5.73 Å². The second-order valence-corrected chi connectivity index (χ2v) is 4.66. The van der Waals surface area contributed by atoms with Crippen molar-refractivity contribution in [3.8, 4) is 0 Å². The molecule has 0 aromatic carbocycles. The average Bonchev–Trinajstić information content (AvgIpc) is 2.13. The van der Waals surface area contributed by atoms with Crippen LogP contribution >= 0.6 is 0 Å². The Morgan fingerprint density at radius 3 is 2.57 bits per heavy atom. The minimum absolute atomic E-state index is 0.0575. The van der Waals surface area contributed by atoms with Crippen molar-refractivity contribution in [3.05, 3.63) is 0 Å². The molecule has 0 heterocycles. The van der Waals surface area contributed by atoms with Gasteiger partial charge in [-0.1, -0.05) is 6.92 Å². The molecule has 7 heteroatoms. The molecule has 6 nitrogen and oxygen atoms in total. The van der Waals surface area contributed by atoms with E-state index in [0.717, 1.165) is 0 Å². The molecule has 0 aliphatic heterocycles. The summed E-state index contributed by atoms with van der Waals surface area (Å²) < 4.78 is 28.9. The van der Waals surface area contributed by atoms with Gasteiger partial charge in [-0.15, -0.1) is 0 Å². The van der Waals surface area contributed by atoms with Crippen LogP contribution in [-0.2, 0) is 19.6 Å². The Morgan fingerprint density at radius 1 is 1.57 bits per heavy atom. The molecule has 0 aliphatic rings. The van der Waals surface area contributed by atoms with Gasteiger partial charge in [0, 0.05) is 6.54 Å². The summed E-state index contributed by atoms with van der Waals surface area (Å²) in [5, 5.41) is 0. The zero-order chi connectivity index (χ0) is 11.2. The first-order valence-corrected chi connectivity index (χ1v) is 5.89. The van der Waals surface area contributed by atoms with Gasteiger partial charge in [-0.3, -0.25) is 4.79 Å². The molecule has 0 radical (unpaired) electrons. The van der Waals surface area contributed by atoms with Gasteiger partial charge in [-0.25, -0.2) is 13.1 Å². The van der Waals surface area contributed by atoms with E-state index < -0.39 is 22.0 Å². The highest BCUT2D eigenvalue weighted by atomic mass is 32.2. The molecule has 0 saturated heterocycles. The van der Waals surface area contributed by atoms with Crippen molar-refractivity contribution < 1.29 is 17.9 Å². The fourth-order valence-corrected chi connectivity index (χ4v) is 1.99. The fourth-order valence-electron chi connectivity index (χ4n) is 0.843. The van der Waals surface area contributed by atoms with Crippen molar-refractivity contribution in [1.29, 1.82) is 0 Å². The molecule has 0 rings (SSSR count). The van der Waals surface area contributed by atoms with Gasteiger partial charge in [-0.2, -0.15) is 0 Å². The van der Waals surface area contributed by atoms with Crippen LogP contribution in [0.15, 0.2) is 0 Å². The normalized spacial score (nSPS) is 13.6. The third-order valence-corrected chi connectivity index (χ3v) is 3.07. The van der Waals surface area contributed by atoms with Gasteiger partial charge in [0.25, 0.3) is 0 Å². The van der Waals surface area contributed by atoms with Crippen LogP contribution in [0.5, 0.6) is 0 Å². The molecule has 84 valence electrons. The van der Waals surface area contributed by atoms with Crippen molar-refractivity contribution >= 4 is 16.0 Å². The summed E-state index contributed by atoms with van der Waals surface area (Å²) in [5.41, 5.74) is 5.36. The predicted octanol–water partition coefficient (Wildman–Crippen LogP) is -1.18. The number of nitrogens with one attached hydrogen (secondary N) is 1. The Balaban J connectivity index is 4.00. The average molecular weight is 224 g/mol. The molecule has 3 N–H and O–H groups in total. The highest BCUT2D eigenvalue weighted by Gasteiger charge is 2.17. The standard InChI is InChI=1S/C7H16N2O4S/c1-3-9-14(11,12)5-4-6(8)7(10)13-2/h6,9H,3-5,8H2,1-2H3/t6-/m0/s1. The van der Waals surface area contributed by atoms with E-state index in [0.29, 0.717) is 6.54 Å². The number of nitrogens with two attached hydrogens (primary N) is 1. The summed E-state index contributed by atoms with van der Waals surface area (Å²) in [7, 11) is -2.10.